The largest absolute Gasteiger partial charge is 0.390 e. The maximum Gasteiger partial charge on any atom is 0.283 e. The molecule has 3 aliphatic rings. The Morgan fingerprint density at radius 3 is 2.56 bits per heavy atom. The van der Waals surface area contributed by atoms with E-state index in [4.69, 9.17) is 4.98 Å². The fourth-order valence-corrected chi connectivity index (χ4v) is 7.15. The summed E-state index contributed by atoms with van der Waals surface area (Å²) in [7, 11) is 0. The molecule has 6 nitrogen and oxygen atoms in total. The summed E-state index contributed by atoms with van der Waals surface area (Å²) in [5.41, 5.74) is 1.92. The minimum Gasteiger partial charge on any atom is -0.390 e. The van der Waals surface area contributed by atoms with Gasteiger partial charge in [0.25, 0.3) is 5.92 Å². The van der Waals surface area contributed by atoms with Gasteiger partial charge in [-0.3, -0.25) is 14.2 Å². The Morgan fingerprint density at radius 1 is 1.21 bits per heavy atom. The highest BCUT2D eigenvalue weighted by Gasteiger charge is 2.44. The Kier molecular flexibility index (Phi) is 7.10. The van der Waals surface area contributed by atoms with E-state index < -0.39 is 42.8 Å². The molecular formula is C27H32F5N5OS. The number of fused-ring (bicyclic) bond motifs is 3. The van der Waals surface area contributed by atoms with Crippen molar-refractivity contribution in [3.05, 3.63) is 45.6 Å². The van der Waals surface area contributed by atoms with Crippen LogP contribution in [-0.4, -0.2) is 82.3 Å². The molecule has 1 saturated heterocycles. The lowest BCUT2D eigenvalue weighted by Gasteiger charge is -2.42. The molecule has 2 aliphatic heterocycles. The minimum atomic E-state index is -3.45. The highest BCUT2D eigenvalue weighted by Crippen LogP contribution is 2.48. The van der Waals surface area contributed by atoms with Gasteiger partial charge in [0, 0.05) is 48.5 Å². The Balaban J connectivity index is 1.34. The summed E-state index contributed by atoms with van der Waals surface area (Å²) in [6, 6.07) is 0.794. The van der Waals surface area contributed by atoms with E-state index in [1.807, 2.05) is 0 Å². The van der Waals surface area contributed by atoms with Gasteiger partial charge in [0.2, 0.25) is 0 Å². The highest BCUT2D eigenvalue weighted by molar-refractivity contribution is 7.18. The first kappa shape index (κ1) is 26.9. The topological polar surface area (TPSA) is 67.4 Å². The molecule has 1 aromatic carbocycles. The van der Waals surface area contributed by atoms with Crippen molar-refractivity contribution in [1.82, 2.24) is 19.8 Å². The van der Waals surface area contributed by atoms with Gasteiger partial charge in [0.15, 0.2) is 0 Å². The van der Waals surface area contributed by atoms with Crippen molar-refractivity contribution in [3.8, 4) is 0 Å². The van der Waals surface area contributed by atoms with E-state index >= 15 is 8.78 Å². The zero-order valence-corrected chi connectivity index (χ0v) is 22.4. The molecule has 4 heterocycles. The number of nitrogens with zero attached hydrogens (tertiary/aromatic N) is 3. The quantitative estimate of drug-likeness (QED) is 0.293. The zero-order valence-electron chi connectivity index (χ0n) is 21.6. The number of hydrogen-bond donors (Lipinski definition) is 3. The number of thiazole rings is 1. The number of benzene rings is 1. The smallest absolute Gasteiger partial charge is 0.283 e. The van der Waals surface area contributed by atoms with Gasteiger partial charge in [0.1, 0.15) is 23.9 Å². The van der Waals surface area contributed by atoms with Crippen molar-refractivity contribution in [3.63, 3.8) is 0 Å². The Morgan fingerprint density at radius 2 is 1.92 bits per heavy atom. The molecule has 2 atom stereocenters. The van der Waals surface area contributed by atoms with Crippen LogP contribution in [0.15, 0.2) is 12.1 Å². The molecule has 212 valence electrons. The van der Waals surface area contributed by atoms with Crippen molar-refractivity contribution in [2.75, 3.05) is 44.8 Å². The fraction of sp³-hybridized carbons (Fsp3) is 0.593. The van der Waals surface area contributed by atoms with Gasteiger partial charge in [-0.15, -0.1) is 11.3 Å². The molecule has 1 saturated carbocycles. The maximum absolute atomic E-state index is 15.8. The van der Waals surface area contributed by atoms with E-state index in [9.17, 15) is 18.3 Å². The van der Waals surface area contributed by atoms with Crippen LogP contribution in [0.3, 0.4) is 0 Å². The Labute approximate surface area is 227 Å². The van der Waals surface area contributed by atoms with Crippen LogP contribution in [0.2, 0.25) is 0 Å². The number of alkyl halides is 3. The van der Waals surface area contributed by atoms with Crippen LogP contribution >= 0.6 is 11.3 Å². The summed E-state index contributed by atoms with van der Waals surface area (Å²) >= 11 is 1.57. The SMILES string of the molecule is CC1Cc2c([nH]c3nc(C4CC4)sc23)C(c2c(F)cc(NC3CN(CCCF)C3)cc2F)N1CC(F)(F)CO. The monoisotopic (exact) mass is 569 g/mol. The third-order valence-electron chi connectivity index (χ3n) is 8.03. The zero-order chi connectivity index (χ0) is 27.5. The molecule has 12 heteroatoms. The molecule has 0 spiro atoms. The molecule has 0 radical (unpaired) electrons. The van der Waals surface area contributed by atoms with Gasteiger partial charge in [0.05, 0.1) is 35.0 Å². The van der Waals surface area contributed by atoms with Crippen LogP contribution in [0.1, 0.15) is 60.0 Å². The molecule has 3 N–H and O–H groups in total. The van der Waals surface area contributed by atoms with Crippen LogP contribution in [0.5, 0.6) is 0 Å². The summed E-state index contributed by atoms with van der Waals surface area (Å²) in [6.07, 6.45) is 3.05. The Hall–Kier alpha value is -2.28. The Bertz CT molecular complexity index is 1330. The van der Waals surface area contributed by atoms with Gasteiger partial charge in [-0.2, -0.15) is 0 Å². The third kappa shape index (κ3) is 5.16. The fourth-order valence-electron chi connectivity index (χ4n) is 5.89. The minimum absolute atomic E-state index is 0.0164. The van der Waals surface area contributed by atoms with Gasteiger partial charge in [-0.25, -0.2) is 22.5 Å². The van der Waals surface area contributed by atoms with Gasteiger partial charge >= 0.3 is 0 Å². The van der Waals surface area contributed by atoms with Crippen LogP contribution in [0, 0.1) is 11.6 Å². The number of H-pyrrole nitrogens is 1. The molecule has 1 aliphatic carbocycles. The predicted molar refractivity (Wildman–Crippen MR) is 140 cm³/mol. The summed E-state index contributed by atoms with van der Waals surface area (Å²) in [5.74, 6) is -4.67. The van der Waals surface area contributed by atoms with E-state index in [-0.39, 0.29) is 24.0 Å². The number of aromatic nitrogens is 2. The van der Waals surface area contributed by atoms with E-state index in [1.54, 1.807) is 18.3 Å². The van der Waals surface area contributed by atoms with Crippen LogP contribution in [0.4, 0.5) is 27.6 Å². The van der Waals surface area contributed by atoms with E-state index in [0.717, 1.165) is 28.1 Å². The third-order valence-corrected chi connectivity index (χ3v) is 9.30. The van der Waals surface area contributed by atoms with Crippen molar-refractivity contribution in [1.29, 1.82) is 0 Å². The van der Waals surface area contributed by atoms with Crippen LogP contribution in [-0.2, 0) is 6.42 Å². The standard InChI is InChI=1S/C27H32F5N5OS/c1-14-7-18-22(34-25-24(18)39-26(35-25)15-3-4-15)23(37(14)12-27(31,32)13-38)21-19(29)8-16(9-20(21)30)33-17-10-36(11-17)6-2-5-28/h8-9,14-15,17,23,33-34,38H,2-7,10-13H2,1H3. The van der Waals surface area contributed by atoms with Crippen molar-refractivity contribution in [2.24, 2.45) is 0 Å². The van der Waals surface area contributed by atoms with E-state index in [0.29, 0.717) is 49.7 Å². The van der Waals surface area contributed by atoms with E-state index in [1.165, 1.54) is 17.0 Å². The van der Waals surface area contributed by atoms with Crippen molar-refractivity contribution >= 4 is 27.4 Å². The molecule has 2 aromatic heterocycles. The molecule has 0 amide bonds. The lowest BCUT2D eigenvalue weighted by molar-refractivity contribution is -0.0869. The lowest BCUT2D eigenvalue weighted by Crippen LogP contribution is -2.54. The number of likely N-dealkylation sites (tertiary alicyclic amines) is 1. The number of aromatic amines is 1. The van der Waals surface area contributed by atoms with Gasteiger partial charge in [-0.1, -0.05) is 0 Å². The van der Waals surface area contributed by atoms with Crippen LogP contribution < -0.4 is 5.32 Å². The summed E-state index contributed by atoms with van der Waals surface area (Å²) < 4.78 is 73.8. The molecule has 2 unspecified atom stereocenters. The summed E-state index contributed by atoms with van der Waals surface area (Å²) in [4.78, 5) is 11.4. The number of aliphatic hydroxyl groups is 1. The lowest BCUT2D eigenvalue weighted by atomic mass is 9.88. The second-order valence-electron chi connectivity index (χ2n) is 11.2. The van der Waals surface area contributed by atoms with Gasteiger partial charge < -0.3 is 15.4 Å². The second-order valence-corrected chi connectivity index (χ2v) is 12.2. The number of hydrogen-bond acceptors (Lipinski definition) is 6. The first-order chi connectivity index (χ1) is 18.7. The summed E-state index contributed by atoms with van der Waals surface area (Å²) in [5, 5.41) is 13.4. The van der Waals surface area contributed by atoms with E-state index in [2.05, 4.69) is 15.2 Å². The number of rotatable bonds is 10. The second kappa shape index (κ2) is 10.3. The van der Waals surface area contributed by atoms with Crippen molar-refractivity contribution < 1.29 is 27.1 Å². The number of anilines is 1. The molecule has 3 aromatic rings. The first-order valence-electron chi connectivity index (χ1n) is 13.5. The molecule has 2 fully saturated rings. The predicted octanol–water partition coefficient (Wildman–Crippen LogP) is 5.20. The molecular weight excluding hydrogens is 537 g/mol. The summed E-state index contributed by atoms with van der Waals surface area (Å²) in [6.45, 7) is 1.10. The molecule has 6 rings (SSSR count). The first-order valence-corrected chi connectivity index (χ1v) is 14.3. The average molecular weight is 570 g/mol. The number of halogens is 5. The van der Waals surface area contributed by atoms with Crippen LogP contribution in [0.25, 0.3) is 10.3 Å². The highest BCUT2D eigenvalue weighted by atomic mass is 32.1. The number of aliphatic hydroxyl groups excluding tert-OH is 1. The number of nitrogens with one attached hydrogen (secondary N) is 2. The molecule has 0 bridgehead atoms. The average Bonchev–Trinajstić information content (AvgIpc) is 3.54. The van der Waals surface area contributed by atoms with Gasteiger partial charge in [-0.05, 0) is 50.3 Å². The van der Waals surface area contributed by atoms with Crippen molar-refractivity contribution in [2.45, 2.75) is 62.6 Å². The normalized spacial score (nSPS) is 22.8. The molecule has 39 heavy (non-hydrogen) atoms. The maximum atomic E-state index is 15.8.